The van der Waals surface area contributed by atoms with E-state index in [1.54, 1.807) is 6.07 Å². The first-order valence-electron chi connectivity index (χ1n) is 4.26. The van der Waals surface area contributed by atoms with E-state index in [1.165, 1.54) is 12.1 Å². The maximum atomic E-state index is 11.6. The Morgan fingerprint density at radius 2 is 2.07 bits per heavy atom. The van der Waals surface area contributed by atoms with Crippen molar-refractivity contribution in [1.82, 2.24) is 0 Å². The summed E-state index contributed by atoms with van der Waals surface area (Å²) in [4.78, 5) is 11.6. The molecule has 74 valence electrons. The van der Waals surface area contributed by atoms with E-state index in [0.717, 1.165) is 0 Å². The average Bonchev–Trinajstić information content (AvgIpc) is 2.28. The molecule has 1 aromatic carbocycles. The van der Waals surface area contributed by atoms with Crippen molar-refractivity contribution in [3.63, 3.8) is 0 Å². The molecule has 4 heteroatoms. The number of hydrogen-bond acceptors (Lipinski definition) is 3. The van der Waals surface area contributed by atoms with Crippen molar-refractivity contribution in [2.45, 2.75) is 6.42 Å². The standard InChI is InChI=1S/C11H7BrN2O/c12-4-3-11(15)10-2-1-8(6-13)5-9(10)7-14/h1-2,5H,3-4H2. The van der Waals surface area contributed by atoms with Crippen molar-refractivity contribution in [3.05, 3.63) is 34.9 Å². The minimum Gasteiger partial charge on any atom is -0.294 e. The van der Waals surface area contributed by atoms with Crippen LogP contribution in [0.25, 0.3) is 0 Å². The molecule has 1 aromatic rings. The van der Waals surface area contributed by atoms with Gasteiger partial charge in [-0.3, -0.25) is 4.79 Å². The van der Waals surface area contributed by atoms with Crippen LogP contribution >= 0.6 is 15.9 Å². The number of halogens is 1. The van der Waals surface area contributed by atoms with Gasteiger partial charge in [0, 0.05) is 17.3 Å². The van der Waals surface area contributed by atoms with Gasteiger partial charge in [0.1, 0.15) is 0 Å². The number of ketones is 1. The van der Waals surface area contributed by atoms with Gasteiger partial charge in [-0.1, -0.05) is 15.9 Å². The number of hydrogen-bond donors (Lipinski definition) is 0. The van der Waals surface area contributed by atoms with E-state index in [1.807, 2.05) is 12.1 Å². The lowest BCUT2D eigenvalue weighted by Crippen LogP contribution is -2.02. The van der Waals surface area contributed by atoms with Crippen molar-refractivity contribution >= 4 is 21.7 Å². The van der Waals surface area contributed by atoms with Gasteiger partial charge < -0.3 is 0 Å². The zero-order valence-electron chi connectivity index (χ0n) is 7.83. The van der Waals surface area contributed by atoms with Crippen LogP contribution in [0.3, 0.4) is 0 Å². The first-order chi connectivity index (χ1) is 7.22. The second-order valence-electron chi connectivity index (χ2n) is 2.85. The van der Waals surface area contributed by atoms with Crippen LogP contribution in [-0.4, -0.2) is 11.1 Å². The normalized spacial score (nSPS) is 9.00. The van der Waals surface area contributed by atoms with E-state index in [4.69, 9.17) is 10.5 Å². The molecule has 0 atom stereocenters. The number of Topliss-reactive ketones (excluding diaryl/α,β-unsaturated/α-hetero) is 1. The van der Waals surface area contributed by atoms with Gasteiger partial charge in [-0.25, -0.2) is 0 Å². The quantitative estimate of drug-likeness (QED) is 0.621. The van der Waals surface area contributed by atoms with Crippen molar-refractivity contribution in [1.29, 1.82) is 10.5 Å². The Hall–Kier alpha value is -1.65. The topological polar surface area (TPSA) is 64.7 Å². The summed E-state index contributed by atoms with van der Waals surface area (Å²) < 4.78 is 0. The van der Waals surface area contributed by atoms with Gasteiger partial charge in [0.25, 0.3) is 0 Å². The molecule has 0 N–H and O–H groups in total. The maximum absolute atomic E-state index is 11.6. The lowest BCUT2D eigenvalue weighted by Gasteiger charge is -2.01. The molecule has 0 bridgehead atoms. The van der Waals surface area contributed by atoms with E-state index < -0.39 is 0 Å². The molecule has 0 heterocycles. The van der Waals surface area contributed by atoms with Crippen molar-refractivity contribution in [3.8, 4) is 12.1 Å². The molecule has 0 aliphatic heterocycles. The molecule has 1 rings (SSSR count). The summed E-state index contributed by atoms with van der Waals surface area (Å²) in [5.74, 6) is -0.0899. The number of rotatable bonds is 3. The Balaban J connectivity index is 3.16. The number of alkyl halides is 1. The van der Waals surface area contributed by atoms with Gasteiger partial charge in [0.15, 0.2) is 5.78 Å². The van der Waals surface area contributed by atoms with E-state index in [-0.39, 0.29) is 11.3 Å². The van der Waals surface area contributed by atoms with E-state index in [2.05, 4.69) is 15.9 Å². The molecule has 0 aliphatic carbocycles. The van der Waals surface area contributed by atoms with Crippen LogP contribution in [0.1, 0.15) is 27.9 Å². The predicted molar refractivity (Wildman–Crippen MR) is 58.6 cm³/mol. The molecule has 0 fully saturated rings. The minimum absolute atomic E-state index is 0.0899. The summed E-state index contributed by atoms with van der Waals surface area (Å²) >= 11 is 3.17. The second-order valence-corrected chi connectivity index (χ2v) is 3.64. The Morgan fingerprint density at radius 3 is 2.60 bits per heavy atom. The lowest BCUT2D eigenvalue weighted by molar-refractivity contribution is 0.0989. The van der Waals surface area contributed by atoms with Crippen LogP contribution in [0.2, 0.25) is 0 Å². The van der Waals surface area contributed by atoms with Crippen LogP contribution < -0.4 is 0 Å². The molecule has 0 aliphatic rings. The molecule has 0 aromatic heterocycles. The van der Waals surface area contributed by atoms with E-state index in [0.29, 0.717) is 22.9 Å². The summed E-state index contributed by atoms with van der Waals surface area (Å²) in [6.07, 6.45) is 0.348. The summed E-state index contributed by atoms with van der Waals surface area (Å²) in [5.41, 5.74) is 1.04. The van der Waals surface area contributed by atoms with Crippen LogP contribution in [0, 0.1) is 22.7 Å². The van der Waals surface area contributed by atoms with Crippen LogP contribution in [0.15, 0.2) is 18.2 Å². The summed E-state index contributed by atoms with van der Waals surface area (Å²) in [7, 11) is 0. The number of benzene rings is 1. The number of carbonyl (C=O) groups excluding carboxylic acids is 1. The molecule has 0 radical (unpaired) electrons. The number of carbonyl (C=O) groups is 1. The maximum Gasteiger partial charge on any atom is 0.165 e. The Kier molecular flexibility index (Phi) is 4.03. The molecule has 0 unspecified atom stereocenters. The first-order valence-corrected chi connectivity index (χ1v) is 5.38. The summed E-state index contributed by atoms with van der Waals surface area (Å²) in [6.45, 7) is 0. The molecular formula is C11H7BrN2O. The second kappa shape index (κ2) is 5.29. The highest BCUT2D eigenvalue weighted by atomic mass is 79.9. The zero-order chi connectivity index (χ0) is 11.3. The van der Waals surface area contributed by atoms with E-state index in [9.17, 15) is 4.79 Å². The molecule has 15 heavy (non-hydrogen) atoms. The fraction of sp³-hybridized carbons (Fsp3) is 0.182. The molecule has 0 amide bonds. The smallest absolute Gasteiger partial charge is 0.165 e. The summed E-state index contributed by atoms with van der Waals surface area (Å²) in [6, 6.07) is 8.36. The van der Waals surface area contributed by atoms with Crippen molar-refractivity contribution in [2.24, 2.45) is 0 Å². The van der Waals surface area contributed by atoms with Crippen molar-refractivity contribution < 1.29 is 4.79 Å². The predicted octanol–water partition coefficient (Wildman–Crippen LogP) is 2.40. The Labute approximate surface area is 96.1 Å². The van der Waals surface area contributed by atoms with Crippen LogP contribution in [-0.2, 0) is 0 Å². The van der Waals surface area contributed by atoms with Gasteiger partial charge in [-0.05, 0) is 18.2 Å². The number of nitrogens with zero attached hydrogens (tertiary/aromatic N) is 2. The van der Waals surface area contributed by atoms with Gasteiger partial charge in [0.05, 0.1) is 23.3 Å². The molecule has 0 spiro atoms. The van der Waals surface area contributed by atoms with Gasteiger partial charge in [0.2, 0.25) is 0 Å². The van der Waals surface area contributed by atoms with Crippen LogP contribution in [0.5, 0.6) is 0 Å². The minimum atomic E-state index is -0.0899. The fourth-order valence-corrected chi connectivity index (χ4v) is 1.53. The third-order valence-electron chi connectivity index (χ3n) is 1.89. The Bertz CT molecular complexity index is 468. The van der Waals surface area contributed by atoms with Crippen LogP contribution in [0.4, 0.5) is 0 Å². The monoisotopic (exact) mass is 262 g/mol. The lowest BCUT2D eigenvalue weighted by atomic mass is 10.0. The largest absolute Gasteiger partial charge is 0.294 e. The zero-order valence-corrected chi connectivity index (χ0v) is 9.41. The highest BCUT2D eigenvalue weighted by Gasteiger charge is 2.10. The molecular weight excluding hydrogens is 256 g/mol. The molecule has 0 saturated heterocycles. The first kappa shape index (κ1) is 11.4. The fourth-order valence-electron chi connectivity index (χ4n) is 1.17. The van der Waals surface area contributed by atoms with E-state index >= 15 is 0 Å². The highest BCUT2D eigenvalue weighted by Crippen LogP contribution is 2.13. The van der Waals surface area contributed by atoms with Crippen molar-refractivity contribution in [2.75, 3.05) is 5.33 Å². The van der Waals surface area contributed by atoms with Gasteiger partial charge in [-0.2, -0.15) is 10.5 Å². The highest BCUT2D eigenvalue weighted by molar-refractivity contribution is 9.09. The summed E-state index contributed by atoms with van der Waals surface area (Å²) in [5, 5.41) is 18.0. The Morgan fingerprint density at radius 1 is 1.33 bits per heavy atom. The third kappa shape index (κ3) is 2.65. The molecule has 0 saturated carbocycles. The third-order valence-corrected chi connectivity index (χ3v) is 2.29. The molecule has 3 nitrogen and oxygen atoms in total. The van der Waals surface area contributed by atoms with Gasteiger partial charge in [-0.15, -0.1) is 0 Å². The van der Waals surface area contributed by atoms with Gasteiger partial charge >= 0.3 is 0 Å². The average molecular weight is 263 g/mol. The number of nitriles is 2. The SMILES string of the molecule is N#Cc1ccc(C(=O)CCBr)c(C#N)c1.